The van der Waals surface area contributed by atoms with Crippen molar-refractivity contribution < 1.29 is 4.79 Å². The number of nitrogens with zero attached hydrogens (tertiary/aromatic N) is 4. The van der Waals surface area contributed by atoms with Crippen molar-refractivity contribution in [3.8, 4) is 0 Å². The van der Waals surface area contributed by atoms with Crippen LogP contribution in [0.3, 0.4) is 0 Å². The van der Waals surface area contributed by atoms with E-state index in [9.17, 15) is 4.79 Å². The van der Waals surface area contributed by atoms with Crippen molar-refractivity contribution in [1.82, 2.24) is 20.1 Å². The zero-order chi connectivity index (χ0) is 19.9. The normalized spacial score (nSPS) is 14.7. The van der Waals surface area contributed by atoms with Crippen LogP contribution in [0.1, 0.15) is 23.2 Å². The molecule has 0 bridgehead atoms. The summed E-state index contributed by atoms with van der Waals surface area (Å²) >= 11 is 0. The van der Waals surface area contributed by atoms with Gasteiger partial charge in [0.05, 0.1) is 12.1 Å². The van der Waals surface area contributed by atoms with Gasteiger partial charge >= 0.3 is 0 Å². The Hall–Kier alpha value is -3.19. The highest BCUT2D eigenvalue weighted by molar-refractivity contribution is 6.04. The zero-order valence-corrected chi connectivity index (χ0v) is 16.4. The zero-order valence-electron chi connectivity index (χ0n) is 16.4. The van der Waals surface area contributed by atoms with Gasteiger partial charge in [-0.25, -0.2) is 0 Å². The van der Waals surface area contributed by atoms with Crippen molar-refractivity contribution in [3.05, 3.63) is 72.8 Å². The van der Waals surface area contributed by atoms with Crippen LogP contribution in [0.25, 0.3) is 0 Å². The van der Waals surface area contributed by atoms with Gasteiger partial charge in [-0.15, -0.1) is 0 Å². The maximum Gasteiger partial charge on any atom is 0.257 e. The second-order valence-electron chi connectivity index (χ2n) is 7.23. The number of benzene rings is 1. The van der Waals surface area contributed by atoms with Crippen LogP contribution in [-0.4, -0.2) is 46.3 Å². The van der Waals surface area contributed by atoms with Gasteiger partial charge in [-0.1, -0.05) is 6.07 Å². The van der Waals surface area contributed by atoms with Crippen LogP contribution in [0.5, 0.6) is 0 Å². The van der Waals surface area contributed by atoms with E-state index in [1.165, 1.54) is 0 Å². The molecular weight excluding hydrogens is 364 g/mol. The summed E-state index contributed by atoms with van der Waals surface area (Å²) in [5.41, 5.74) is 2.50. The fraction of sp³-hybridized carbons (Fsp3) is 0.318. The van der Waals surface area contributed by atoms with Crippen LogP contribution in [0.4, 0.5) is 11.4 Å². The SMILES string of the molecule is O=C(Nc1cccc(N2CCC(NCCn3cccn3)CC2)c1)c1cccnc1. The van der Waals surface area contributed by atoms with Gasteiger partial charge in [0.25, 0.3) is 5.91 Å². The van der Waals surface area contributed by atoms with Crippen molar-refractivity contribution >= 4 is 17.3 Å². The Morgan fingerprint density at radius 3 is 2.76 bits per heavy atom. The molecular formula is C22H26N6O. The quantitative estimate of drug-likeness (QED) is 0.649. The van der Waals surface area contributed by atoms with Gasteiger partial charge in [-0.3, -0.25) is 14.5 Å². The summed E-state index contributed by atoms with van der Waals surface area (Å²) in [7, 11) is 0. The number of carbonyl (C=O) groups is 1. The average Bonchev–Trinajstić information content (AvgIpc) is 3.29. The second kappa shape index (κ2) is 9.34. The lowest BCUT2D eigenvalue weighted by atomic mass is 10.0. The van der Waals surface area contributed by atoms with Crippen LogP contribution in [-0.2, 0) is 6.54 Å². The minimum atomic E-state index is -0.143. The Labute approximate surface area is 170 Å². The minimum absolute atomic E-state index is 0.143. The van der Waals surface area contributed by atoms with Gasteiger partial charge in [0.15, 0.2) is 0 Å². The van der Waals surface area contributed by atoms with E-state index in [1.54, 1.807) is 24.5 Å². The molecule has 1 amide bonds. The molecule has 4 rings (SSSR count). The summed E-state index contributed by atoms with van der Waals surface area (Å²) in [5.74, 6) is -0.143. The third-order valence-electron chi connectivity index (χ3n) is 5.22. The van der Waals surface area contributed by atoms with Gasteiger partial charge in [-0.2, -0.15) is 5.10 Å². The molecule has 0 spiro atoms. The third kappa shape index (κ3) is 5.20. The number of hydrogen-bond donors (Lipinski definition) is 2. The highest BCUT2D eigenvalue weighted by Gasteiger charge is 2.19. The van der Waals surface area contributed by atoms with Gasteiger partial charge in [0.2, 0.25) is 0 Å². The van der Waals surface area contributed by atoms with Crippen LogP contribution in [0.2, 0.25) is 0 Å². The van der Waals surface area contributed by atoms with Gasteiger partial charge < -0.3 is 15.5 Å². The number of pyridine rings is 1. The highest BCUT2D eigenvalue weighted by Crippen LogP contribution is 2.23. The van der Waals surface area contributed by atoms with E-state index in [0.717, 1.165) is 50.4 Å². The molecule has 1 saturated heterocycles. The fourth-order valence-corrected chi connectivity index (χ4v) is 3.64. The molecule has 1 aromatic carbocycles. The Morgan fingerprint density at radius 2 is 2.00 bits per heavy atom. The molecule has 2 N–H and O–H groups in total. The molecule has 2 aromatic heterocycles. The Balaban J connectivity index is 1.27. The number of piperidine rings is 1. The van der Waals surface area contributed by atoms with E-state index < -0.39 is 0 Å². The van der Waals surface area contributed by atoms with Crippen molar-refractivity contribution in [2.24, 2.45) is 0 Å². The van der Waals surface area contributed by atoms with Gasteiger partial charge in [-0.05, 0) is 49.2 Å². The number of anilines is 2. The van der Waals surface area contributed by atoms with Crippen molar-refractivity contribution in [1.29, 1.82) is 0 Å². The first-order chi connectivity index (χ1) is 14.3. The van der Waals surface area contributed by atoms with E-state index in [0.29, 0.717) is 11.6 Å². The summed E-state index contributed by atoms with van der Waals surface area (Å²) < 4.78 is 1.95. The lowest BCUT2D eigenvalue weighted by molar-refractivity contribution is 0.102. The number of hydrogen-bond acceptors (Lipinski definition) is 5. The Morgan fingerprint density at radius 1 is 1.10 bits per heavy atom. The second-order valence-corrected chi connectivity index (χ2v) is 7.23. The van der Waals surface area contributed by atoms with Crippen molar-refractivity contribution in [2.45, 2.75) is 25.4 Å². The predicted octanol–water partition coefficient (Wildman–Crippen LogP) is 2.79. The molecule has 0 aliphatic carbocycles. The smallest absolute Gasteiger partial charge is 0.257 e. The van der Waals surface area contributed by atoms with Crippen LogP contribution >= 0.6 is 0 Å². The first-order valence-electron chi connectivity index (χ1n) is 10.0. The number of carbonyl (C=O) groups excluding carboxylic acids is 1. The molecule has 3 aromatic rings. The maximum atomic E-state index is 12.4. The first kappa shape index (κ1) is 19.1. The summed E-state index contributed by atoms with van der Waals surface area (Å²) in [4.78, 5) is 18.7. The summed E-state index contributed by atoms with van der Waals surface area (Å²) in [6.07, 6.45) is 9.24. The molecule has 0 unspecified atom stereocenters. The summed E-state index contributed by atoms with van der Waals surface area (Å²) in [6.45, 7) is 3.83. The number of amides is 1. The van der Waals surface area contributed by atoms with E-state index in [1.807, 2.05) is 41.3 Å². The van der Waals surface area contributed by atoms with E-state index in [-0.39, 0.29) is 5.91 Å². The molecule has 3 heterocycles. The molecule has 7 heteroatoms. The number of aromatic nitrogens is 3. The Kier molecular flexibility index (Phi) is 6.16. The van der Waals surface area contributed by atoms with Crippen molar-refractivity contribution in [3.63, 3.8) is 0 Å². The lowest BCUT2D eigenvalue weighted by Gasteiger charge is -2.34. The Bertz CT molecular complexity index is 904. The standard InChI is InChI=1S/C22H26N6O/c29-22(18-4-2-9-23-17-18)26-20-5-1-6-21(16-20)27-13-7-19(8-14-27)24-11-15-28-12-3-10-25-28/h1-6,9-10,12,16-17,19,24H,7-8,11,13-15H2,(H,26,29). The minimum Gasteiger partial charge on any atom is -0.371 e. The molecule has 0 saturated carbocycles. The van der Waals surface area contributed by atoms with Crippen LogP contribution in [0, 0.1) is 0 Å². The predicted molar refractivity (Wildman–Crippen MR) is 114 cm³/mol. The molecule has 150 valence electrons. The van der Waals surface area contributed by atoms with E-state index in [4.69, 9.17) is 0 Å². The molecule has 0 atom stereocenters. The molecule has 0 radical (unpaired) electrons. The van der Waals surface area contributed by atoms with E-state index in [2.05, 4.69) is 31.7 Å². The van der Waals surface area contributed by atoms with Gasteiger partial charge in [0, 0.05) is 61.8 Å². The topological polar surface area (TPSA) is 75.1 Å². The maximum absolute atomic E-state index is 12.4. The van der Waals surface area contributed by atoms with Gasteiger partial charge in [0.1, 0.15) is 0 Å². The molecule has 7 nitrogen and oxygen atoms in total. The third-order valence-corrected chi connectivity index (χ3v) is 5.22. The van der Waals surface area contributed by atoms with Crippen molar-refractivity contribution in [2.75, 3.05) is 29.9 Å². The largest absolute Gasteiger partial charge is 0.371 e. The average molecular weight is 390 g/mol. The molecule has 1 aliphatic rings. The summed E-state index contributed by atoms with van der Waals surface area (Å²) in [6, 6.07) is 14.1. The molecule has 1 aliphatic heterocycles. The van der Waals surface area contributed by atoms with Crippen LogP contribution < -0.4 is 15.5 Å². The number of nitrogens with one attached hydrogen (secondary N) is 2. The molecule has 1 fully saturated rings. The monoisotopic (exact) mass is 390 g/mol. The van der Waals surface area contributed by atoms with E-state index >= 15 is 0 Å². The number of rotatable bonds is 7. The molecule has 29 heavy (non-hydrogen) atoms. The summed E-state index contributed by atoms with van der Waals surface area (Å²) in [5, 5.41) is 10.8. The first-order valence-corrected chi connectivity index (χ1v) is 10.0. The highest BCUT2D eigenvalue weighted by atomic mass is 16.1. The lowest BCUT2D eigenvalue weighted by Crippen LogP contribution is -2.43. The fourth-order valence-electron chi connectivity index (χ4n) is 3.64. The van der Waals surface area contributed by atoms with Crippen LogP contribution in [0.15, 0.2) is 67.3 Å².